The highest BCUT2D eigenvalue weighted by Gasteiger charge is 2.42. The zero-order valence-corrected chi connectivity index (χ0v) is 10.9. The van der Waals surface area contributed by atoms with E-state index in [1.54, 1.807) is 0 Å². The monoisotopic (exact) mass is 261 g/mol. The highest BCUT2D eigenvalue weighted by molar-refractivity contribution is 5.74. The molecular formula is C12H20FNO4. The molecule has 104 valence electrons. The summed E-state index contributed by atoms with van der Waals surface area (Å²) in [7, 11) is 0. The van der Waals surface area contributed by atoms with E-state index < -0.39 is 25.0 Å². The lowest BCUT2D eigenvalue weighted by molar-refractivity contribution is -0.178. The van der Waals surface area contributed by atoms with Gasteiger partial charge in [0.05, 0.1) is 6.10 Å². The third-order valence-electron chi connectivity index (χ3n) is 3.90. The van der Waals surface area contributed by atoms with Crippen molar-refractivity contribution in [2.75, 3.05) is 6.86 Å². The minimum Gasteiger partial charge on any atom is -0.479 e. The molecule has 0 aromatic carbocycles. The van der Waals surface area contributed by atoms with Crippen molar-refractivity contribution in [1.82, 2.24) is 0 Å². The normalized spacial score (nSPS) is 36.1. The molecule has 0 aromatic rings. The summed E-state index contributed by atoms with van der Waals surface area (Å²) in [6.45, 7) is 4.72. The standard InChI is InChI=1S/C12H20FNO4/c1-6-7(2)9(4-10(14)17-5-13)18-11(8(6)3)12(15)16/h6-9,11,14H,4-5H2,1-3H3,(H,15,16)/t6-,7-,8+,9+,11+/m0/s1. The van der Waals surface area contributed by atoms with E-state index in [4.69, 9.17) is 15.3 Å². The first-order valence-electron chi connectivity index (χ1n) is 6.03. The molecule has 0 aliphatic carbocycles. The van der Waals surface area contributed by atoms with Crippen molar-refractivity contribution in [3.05, 3.63) is 0 Å². The van der Waals surface area contributed by atoms with Crippen LogP contribution in [0.2, 0.25) is 0 Å². The third kappa shape index (κ3) is 3.19. The summed E-state index contributed by atoms with van der Waals surface area (Å²) in [4.78, 5) is 11.1. The fourth-order valence-electron chi connectivity index (χ4n) is 2.35. The Morgan fingerprint density at radius 2 is 1.94 bits per heavy atom. The fraction of sp³-hybridized carbons (Fsp3) is 0.833. The number of rotatable bonds is 4. The van der Waals surface area contributed by atoms with Gasteiger partial charge in [0.25, 0.3) is 0 Å². The summed E-state index contributed by atoms with van der Waals surface area (Å²) < 4.78 is 21.9. The molecule has 6 heteroatoms. The number of carbonyl (C=O) groups is 1. The van der Waals surface area contributed by atoms with Crippen LogP contribution < -0.4 is 0 Å². The second-order valence-electron chi connectivity index (χ2n) is 4.89. The SMILES string of the molecule is C[C@@H]1[C@@H](C)[C@H](C(=O)O)O[C@H](CC(=N)OCF)[C@H]1C. The third-order valence-corrected chi connectivity index (χ3v) is 3.90. The zero-order chi connectivity index (χ0) is 13.9. The second kappa shape index (κ2) is 6.13. The Balaban J connectivity index is 2.73. The Morgan fingerprint density at radius 1 is 1.33 bits per heavy atom. The quantitative estimate of drug-likeness (QED) is 0.599. The van der Waals surface area contributed by atoms with E-state index >= 15 is 0 Å². The molecule has 0 spiro atoms. The minimum atomic E-state index is -1.05. The minimum absolute atomic E-state index is 0.0926. The van der Waals surface area contributed by atoms with E-state index in [-0.39, 0.29) is 30.1 Å². The molecule has 1 aliphatic rings. The smallest absolute Gasteiger partial charge is 0.333 e. The molecule has 0 radical (unpaired) electrons. The first-order chi connectivity index (χ1) is 8.38. The van der Waals surface area contributed by atoms with Crippen molar-refractivity contribution in [3.63, 3.8) is 0 Å². The maximum Gasteiger partial charge on any atom is 0.333 e. The van der Waals surface area contributed by atoms with Crippen LogP contribution >= 0.6 is 0 Å². The summed E-state index contributed by atoms with van der Waals surface area (Å²) in [5.74, 6) is -1.04. The number of hydrogen-bond donors (Lipinski definition) is 2. The number of nitrogens with one attached hydrogen (secondary N) is 1. The van der Waals surface area contributed by atoms with Crippen molar-refractivity contribution in [2.24, 2.45) is 17.8 Å². The number of alkyl halides is 1. The van der Waals surface area contributed by atoms with E-state index in [1.807, 2.05) is 20.8 Å². The van der Waals surface area contributed by atoms with Crippen molar-refractivity contribution in [2.45, 2.75) is 39.4 Å². The molecule has 5 atom stereocenters. The van der Waals surface area contributed by atoms with Gasteiger partial charge in [0, 0.05) is 6.42 Å². The van der Waals surface area contributed by atoms with Crippen molar-refractivity contribution in [3.8, 4) is 0 Å². The first kappa shape index (κ1) is 14.9. The number of hydrogen-bond acceptors (Lipinski definition) is 4. The molecular weight excluding hydrogens is 241 g/mol. The molecule has 0 amide bonds. The number of aliphatic carboxylic acids is 1. The van der Waals surface area contributed by atoms with Crippen LogP contribution in [0.4, 0.5) is 4.39 Å². The molecule has 1 rings (SSSR count). The van der Waals surface area contributed by atoms with Crippen LogP contribution in [0.1, 0.15) is 27.2 Å². The molecule has 0 unspecified atom stereocenters. The van der Waals surface area contributed by atoms with E-state index in [0.29, 0.717) is 0 Å². The average Bonchev–Trinajstić information content (AvgIpc) is 2.30. The zero-order valence-electron chi connectivity index (χ0n) is 10.9. The summed E-state index contributed by atoms with van der Waals surface area (Å²) >= 11 is 0. The van der Waals surface area contributed by atoms with Gasteiger partial charge in [-0.25, -0.2) is 9.18 Å². The molecule has 18 heavy (non-hydrogen) atoms. The van der Waals surface area contributed by atoms with Crippen LogP contribution in [0.5, 0.6) is 0 Å². The fourth-order valence-corrected chi connectivity index (χ4v) is 2.35. The molecule has 1 fully saturated rings. The lowest BCUT2D eigenvalue weighted by Crippen LogP contribution is -2.48. The summed E-state index contributed by atoms with van der Waals surface area (Å²) in [5.41, 5.74) is 0. The largest absolute Gasteiger partial charge is 0.479 e. The van der Waals surface area contributed by atoms with Crippen molar-refractivity contribution in [1.29, 1.82) is 5.41 Å². The van der Waals surface area contributed by atoms with Gasteiger partial charge < -0.3 is 14.6 Å². The maximum atomic E-state index is 11.9. The summed E-state index contributed by atoms with van der Waals surface area (Å²) in [5, 5.41) is 16.5. The van der Waals surface area contributed by atoms with Gasteiger partial charge in [-0.05, 0) is 17.8 Å². The van der Waals surface area contributed by atoms with Crippen LogP contribution in [0, 0.1) is 23.2 Å². The molecule has 1 heterocycles. The van der Waals surface area contributed by atoms with Crippen LogP contribution in [0.25, 0.3) is 0 Å². The van der Waals surface area contributed by atoms with Crippen LogP contribution in [0.3, 0.4) is 0 Å². The Hall–Kier alpha value is -1.17. The lowest BCUT2D eigenvalue weighted by atomic mass is 9.75. The van der Waals surface area contributed by atoms with Gasteiger partial charge in [-0.3, -0.25) is 5.41 Å². The maximum absolute atomic E-state index is 11.9. The first-order valence-corrected chi connectivity index (χ1v) is 6.03. The Bertz CT molecular complexity index is 323. The van der Waals surface area contributed by atoms with Crippen molar-refractivity contribution < 1.29 is 23.8 Å². The van der Waals surface area contributed by atoms with E-state index in [0.717, 1.165) is 0 Å². The number of carboxylic acids is 1. The van der Waals surface area contributed by atoms with Gasteiger partial charge in [0.1, 0.15) is 0 Å². The highest BCUT2D eigenvalue weighted by atomic mass is 19.1. The second-order valence-corrected chi connectivity index (χ2v) is 4.89. The number of carboxylic acid groups (broad SMARTS) is 1. The van der Waals surface area contributed by atoms with E-state index in [2.05, 4.69) is 4.74 Å². The average molecular weight is 261 g/mol. The molecule has 0 saturated carbocycles. The summed E-state index contributed by atoms with van der Waals surface area (Å²) in [6.07, 6.45) is -1.19. The van der Waals surface area contributed by atoms with Gasteiger partial charge in [-0.2, -0.15) is 0 Å². The predicted octanol–water partition coefficient (Wildman–Crippen LogP) is 2.06. The molecule has 2 N–H and O–H groups in total. The Kier molecular flexibility index (Phi) is 5.07. The molecule has 1 saturated heterocycles. The number of halogens is 1. The molecule has 0 bridgehead atoms. The van der Waals surface area contributed by atoms with Gasteiger partial charge in [0.15, 0.2) is 12.0 Å². The predicted molar refractivity (Wildman–Crippen MR) is 63.2 cm³/mol. The molecule has 5 nitrogen and oxygen atoms in total. The van der Waals surface area contributed by atoms with Crippen molar-refractivity contribution >= 4 is 11.9 Å². The van der Waals surface area contributed by atoms with Crippen LogP contribution in [-0.4, -0.2) is 36.0 Å². The summed E-state index contributed by atoms with van der Waals surface area (Å²) in [6, 6.07) is 0. The molecule has 0 aromatic heterocycles. The van der Waals surface area contributed by atoms with Gasteiger partial charge in [-0.1, -0.05) is 20.8 Å². The van der Waals surface area contributed by atoms with Gasteiger partial charge in [-0.15, -0.1) is 0 Å². The topological polar surface area (TPSA) is 79.6 Å². The van der Waals surface area contributed by atoms with Crippen LogP contribution in [0.15, 0.2) is 0 Å². The van der Waals surface area contributed by atoms with Crippen LogP contribution in [-0.2, 0) is 14.3 Å². The molecule has 1 aliphatic heterocycles. The Morgan fingerprint density at radius 3 is 2.44 bits per heavy atom. The highest BCUT2D eigenvalue weighted by Crippen LogP contribution is 2.36. The van der Waals surface area contributed by atoms with Gasteiger partial charge >= 0.3 is 5.97 Å². The number of ether oxygens (including phenoxy) is 2. The Labute approximate surface area is 106 Å². The lowest BCUT2D eigenvalue weighted by Gasteiger charge is -2.42. The van der Waals surface area contributed by atoms with Gasteiger partial charge in [0.2, 0.25) is 6.86 Å². The van der Waals surface area contributed by atoms with E-state index in [1.165, 1.54) is 0 Å². The van der Waals surface area contributed by atoms with E-state index in [9.17, 15) is 9.18 Å².